The van der Waals surface area contributed by atoms with E-state index in [-0.39, 0.29) is 16.8 Å². The number of fused-ring (bicyclic) bond motifs is 1. The van der Waals surface area contributed by atoms with E-state index in [1.165, 1.54) is 26.4 Å². The van der Waals surface area contributed by atoms with E-state index >= 15 is 0 Å². The van der Waals surface area contributed by atoms with E-state index in [2.05, 4.69) is 5.32 Å². The van der Waals surface area contributed by atoms with Gasteiger partial charge in [0.25, 0.3) is 0 Å². The van der Waals surface area contributed by atoms with Gasteiger partial charge in [0.05, 0.1) is 31.0 Å². The van der Waals surface area contributed by atoms with Gasteiger partial charge in [0.15, 0.2) is 0 Å². The number of rotatable bonds is 5. The molecule has 0 aliphatic rings. The van der Waals surface area contributed by atoms with E-state index in [0.717, 1.165) is 12.1 Å². The summed E-state index contributed by atoms with van der Waals surface area (Å²) < 4.78 is 55.5. The molecule has 0 amide bonds. The van der Waals surface area contributed by atoms with Crippen LogP contribution in [-0.2, 0) is 6.18 Å². The molecule has 1 heterocycles. The minimum absolute atomic E-state index is 0.178. The molecule has 4 aromatic rings. The van der Waals surface area contributed by atoms with Gasteiger partial charge in [0.1, 0.15) is 17.1 Å². The fraction of sp³-hybridized carbons (Fsp3) is 0.125. The average molecular weight is 441 g/mol. The maximum Gasteiger partial charge on any atom is 0.416 e. The number of ether oxygens (including phenoxy) is 2. The summed E-state index contributed by atoms with van der Waals surface area (Å²) in [4.78, 5) is 13.0. The summed E-state index contributed by atoms with van der Waals surface area (Å²) in [7, 11) is 3.00. The lowest BCUT2D eigenvalue weighted by atomic mass is 10.0. The first kappa shape index (κ1) is 21.3. The Kier molecular flexibility index (Phi) is 5.52. The van der Waals surface area contributed by atoms with Crippen molar-refractivity contribution in [3.05, 3.63) is 82.7 Å². The van der Waals surface area contributed by atoms with Crippen LogP contribution < -0.4 is 20.4 Å². The maximum atomic E-state index is 13.2. The zero-order valence-corrected chi connectivity index (χ0v) is 17.1. The molecule has 0 bridgehead atoms. The molecule has 1 N–H and O–H groups in total. The van der Waals surface area contributed by atoms with Gasteiger partial charge in [-0.05, 0) is 48.0 Å². The van der Waals surface area contributed by atoms with E-state index < -0.39 is 17.4 Å². The molecular formula is C24H18F3NO4. The number of alkyl halides is 3. The average Bonchev–Trinajstić information content (AvgIpc) is 2.78. The summed E-state index contributed by atoms with van der Waals surface area (Å²) in [6.07, 6.45) is -4.50. The van der Waals surface area contributed by atoms with Crippen LogP contribution in [0.25, 0.3) is 22.1 Å². The molecule has 0 saturated carbocycles. The van der Waals surface area contributed by atoms with Gasteiger partial charge < -0.3 is 19.2 Å². The Bertz CT molecular complexity index is 1330. The summed E-state index contributed by atoms with van der Waals surface area (Å²) in [5, 5.41) is 3.51. The Morgan fingerprint density at radius 1 is 0.875 bits per heavy atom. The molecule has 0 spiro atoms. The number of halogens is 3. The van der Waals surface area contributed by atoms with Crippen molar-refractivity contribution in [3.8, 4) is 22.6 Å². The maximum absolute atomic E-state index is 13.2. The van der Waals surface area contributed by atoms with Crippen molar-refractivity contribution >= 4 is 22.3 Å². The van der Waals surface area contributed by atoms with Crippen LogP contribution in [0.2, 0.25) is 0 Å². The highest BCUT2D eigenvalue weighted by atomic mass is 19.4. The summed E-state index contributed by atoms with van der Waals surface area (Å²) >= 11 is 0. The lowest BCUT2D eigenvalue weighted by Gasteiger charge is -2.16. The third-order valence-electron chi connectivity index (χ3n) is 4.95. The Labute approximate surface area is 181 Å². The molecule has 4 rings (SSSR count). The van der Waals surface area contributed by atoms with Gasteiger partial charge in [-0.15, -0.1) is 0 Å². The molecule has 8 heteroatoms. The van der Waals surface area contributed by atoms with Crippen LogP contribution in [0, 0.1) is 0 Å². The zero-order chi connectivity index (χ0) is 22.9. The predicted octanol–water partition coefficient (Wildman–Crippen LogP) is 6.24. The Hall–Kier alpha value is -3.94. The fourth-order valence-electron chi connectivity index (χ4n) is 3.38. The van der Waals surface area contributed by atoms with Crippen molar-refractivity contribution in [3.63, 3.8) is 0 Å². The topological polar surface area (TPSA) is 60.7 Å². The van der Waals surface area contributed by atoms with Crippen molar-refractivity contribution in [2.75, 3.05) is 19.5 Å². The first-order valence-electron chi connectivity index (χ1n) is 9.53. The van der Waals surface area contributed by atoms with Crippen LogP contribution in [-0.4, -0.2) is 14.2 Å². The number of hydrogen-bond donors (Lipinski definition) is 1. The standard InChI is InChI=1S/C24H18F3NO4/c1-30-17-8-6-14(7-9-17)21-22(28-16-5-3-4-15(12-16)24(25,26)27)19-11-10-18(31-2)13-20(19)32-23(21)29/h3-13,28H,1-2H3. The van der Waals surface area contributed by atoms with Crippen molar-refractivity contribution in [2.24, 2.45) is 0 Å². The molecule has 0 aliphatic carbocycles. The Morgan fingerprint density at radius 2 is 1.56 bits per heavy atom. The molecule has 5 nitrogen and oxygen atoms in total. The van der Waals surface area contributed by atoms with Crippen molar-refractivity contribution in [1.29, 1.82) is 0 Å². The van der Waals surface area contributed by atoms with Crippen LogP contribution in [0.15, 0.2) is 75.9 Å². The third kappa shape index (κ3) is 4.12. The van der Waals surface area contributed by atoms with E-state index in [1.807, 2.05) is 0 Å². The monoisotopic (exact) mass is 441 g/mol. The first-order valence-corrected chi connectivity index (χ1v) is 9.53. The molecular weight excluding hydrogens is 423 g/mol. The number of methoxy groups -OCH3 is 2. The van der Waals surface area contributed by atoms with Crippen LogP contribution in [0.3, 0.4) is 0 Å². The van der Waals surface area contributed by atoms with E-state index in [4.69, 9.17) is 13.9 Å². The van der Waals surface area contributed by atoms with Gasteiger partial charge in [0.2, 0.25) is 0 Å². The summed E-state index contributed by atoms with van der Waals surface area (Å²) in [5.41, 5.74) is -0.0101. The molecule has 32 heavy (non-hydrogen) atoms. The van der Waals surface area contributed by atoms with Gasteiger partial charge in [-0.2, -0.15) is 13.2 Å². The van der Waals surface area contributed by atoms with Gasteiger partial charge in [-0.3, -0.25) is 0 Å². The molecule has 164 valence electrons. The summed E-state index contributed by atoms with van der Waals surface area (Å²) in [6.45, 7) is 0. The van der Waals surface area contributed by atoms with Gasteiger partial charge in [-0.1, -0.05) is 18.2 Å². The second kappa shape index (κ2) is 8.30. The molecule has 0 unspecified atom stereocenters. The lowest BCUT2D eigenvalue weighted by molar-refractivity contribution is -0.137. The predicted molar refractivity (Wildman–Crippen MR) is 116 cm³/mol. The van der Waals surface area contributed by atoms with Crippen LogP contribution in [0.5, 0.6) is 11.5 Å². The lowest BCUT2D eigenvalue weighted by Crippen LogP contribution is -2.09. The number of hydrogen-bond acceptors (Lipinski definition) is 5. The largest absolute Gasteiger partial charge is 0.497 e. The quantitative estimate of drug-likeness (QED) is 0.372. The number of anilines is 2. The normalized spacial score (nSPS) is 11.4. The fourth-order valence-corrected chi connectivity index (χ4v) is 3.38. The Morgan fingerprint density at radius 3 is 2.22 bits per heavy atom. The molecule has 0 atom stereocenters. The second-order valence-corrected chi connectivity index (χ2v) is 6.93. The SMILES string of the molecule is COc1ccc(-c2c(Nc3cccc(C(F)(F)F)c3)c3ccc(OC)cc3oc2=O)cc1. The second-order valence-electron chi connectivity index (χ2n) is 6.93. The molecule has 3 aromatic carbocycles. The van der Waals surface area contributed by atoms with E-state index in [9.17, 15) is 18.0 Å². The minimum Gasteiger partial charge on any atom is -0.497 e. The first-order chi connectivity index (χ1) is 15.3. The summed E-state index contributed by atoms with van der Waals surface area (Å²) in [5.74, 6) is 1.07. The van der Waals surface area contributed by atoms with Crippen LogP contribution >= 0.6 is 0 Å². The third-order valence-corrected chi connectivity index (χ3v) is 4.95. The minimum atomic E-state index is -4.50. The van der Waals surface area contributed by atoms with Gasteiger partial charge >= 0.3 is 11.8 Å². The van der Waals surface area contributed by atoms with Crippen LogP contribution in [0.4, 0.5) is 24.5 Å². The zero-order valence-electron chi connectivity index (χ0n) is 17.1. The smallest absolute Gasteiger partial charge is 0.416 e. The van der Waals surface area contributed by atoms with E-state index in [1.54, 1.807) is 42.5 Å². The highest BCUT2D eigenvalue weighted by Crippen LogP contribution is 2.37. The van der Waals surface area contributed by atoms with E-state index in [0.29, 0.717) is 28.1 Å². The molecule has 0 saturated heterocycles. The highest BCUT2D eigenvalue weighted by molar-refractivity contribution is 6.00. The van der Waals surface area contributed by atoms with Gasteiger partial charge in [-0.25, -0.2) is 4.79 Å². The van der Waals surface area contributed by atoms with Crippen molar-refractivity contribution in [1.82, 2.24) is 0 Å². The molecule has 0 aliphatic heterocycles. The Balaban J connectivity index is 1.94. The molecule has 0 fully saturated rings. The highest BCUT2D eigenvalue weighted by Gasteiger charge is 2.30. The van der Waals surface area contributed by atoms with Crippen LogP contribution in [0.1, 0.15) is 5.56 Å². The molecule has 0 radical (unpaired) electrons. The van der Waals surface area contributed by atoms with Crippen molar-refractivity contribution in [2.45, 2.75) is 6.18 Å². The van der Waals surface area contributed by atoms with Gasteiger partial charge in [0, 0.05) is 17.1 Å². The number of nitrogens with one attached hydrogen (secondary N) is 1. The summed E-state index contributed by atoms with van der Waals surface area (Å²) in [6, 6.07) is 16.4. The van der Waals surface area contributed by atoms with Crippen molar-refractivity contribution < 1.29 is 27.1 Å². The number of benzene rings is 3. The molecule has 1 aromatic heterocycles.